The van der Waals surface area contributed by atoms with Crippen LogP contribution < -0.4 is 16.2 Å². The van der Waals surface area contributed by atoms with Gasteiger partial charge in [-0.1, -0.05) is 23.7 Å². The molecular weight excluding hydrogens is 316 g/mol. The monoisotopic (exact) mass is 334 g/mol. The Balaban J connectivity index is 1.92. The van der Waals surface area contributed by atoms with Crippen LogP contribution in [-0.2, 0) is 19.5 Å². The zero-order valence-electron chi connectivity index (χ0n) is 12.8. The second-order valence-electron chi connectivity index (χ2n) is 5.57. The number of anilines is 1. The molecule has 122 valence electrons. The molecule has 1 unspecified atom stereocenters. The summed E-state index contributed by atoms with van der Waals surface area (Å²) in [6.45, 7) is 3.34. The van der Waals surface area contributed by atoms with Crippen LogP contribution in [0, 0.1) is 0 Å². The number of nitrogens with zero attached hydrogens (tertiary/aromatic N) is 2. The summed E-state index contributed by atoms with van der Waals surface area (Å²) in [7, 11) is 0. The van der Waals surface area contributed by atoms with Crippen LogP contribution in [0.2, 0.25) is 5.02 Å². The Kier molecular flexibility index (Phi) is 4.66. The van der Waals surface area contributed by atoms with Gasteiger partial charge in [0, 0.05) is 31.1 Å². The van der Waals surface area contributed by atoms with E-state index in [9.17, 15) is 9.90 Å². The van der Waals surface area contributed by atoms with Crippen LogP contribution >= 0.6 is 11.6 Å². The minimum Gasteiger partial charge on any atom is -0.373 e. The zero-order valence-corrected chi connectivity index (χ0v) is 13.6. The van der Waals surface area contributed by atoms with Gasteiger partial charge in [0.1, 0.15) is 6.23 Å². The minimum absolute atomic E-state index is 0.198. The Morgan fingerprint density at radius 3 is 2.87 bits per heavy atom. The number of aromatic nitrogens is 2. The van der Waals surface area contributed by atoms with Crippen molar-refractivity contribution in [1.82, 2.24) is 14.9 Å². The van der Waals surface area contributed by atoms with Crippen LogP contribution in [0.5, 0.6) is 0 Å². The molecule has 1 aromatic heterocycles. The second-order valence-corrected chi connectivity index (χ2v) is 6.01. The van der Waals surface area contributed by atoms with Crippen molar-refractivity contribution < 1.29 is 5.11 Å². The molecule has 1 aromatic carbocycles. The number of hydrogen-bond donors (Lipinski definition) is 3. The van der Waals surface area contributed by atoms with Gasteiger partial charge in [-0.15, -0.1) is 0 Å². The molecule has 0 amide bonds. The number of fused-ring (bicyclic) bond motifs is 1. The average molecular weight is 335 g/mol. The van der Waals surface area contributed by atoms with Crippen molar-refractivity contribution in [3.05, 3.63) is 56.5 Å². The van der Waals surface area contributed by atoms with Crippen LogP contribution in [0.15, 0.2) is 29.1 Å². The largest absolute Gasteiger partial charge is 0.373 e. The molecule has 0 saturated heterocycles. The van der Waals surface area contributed by atoms with Crippen molar-refractivity contribution in [2.45, 2.75) is 32.7 Å². The summed E-state index contributed by atoms with van der Waals surface area (Å²) in [5.74, 6) is 0.389. The standard InChI is InChI=1S/C16H19ClN4O2/c1-10(22)21-15(23)13-9-18-7-6-14(13)20-16(21)19-8-11-2-4-12(17)5-3-11/h2-5,10,18,22H,6-9H2,1H3,(H,19,20). The van der Waals surface area contributed by atoms with Gasteiger partial charge in [0.2, 0.25) is 5.95 Å². The summed E-state index contributed by atoms with van der Waals surface area (Å²) in [6.07, 6.45) is -0.240. The fraction of sp³-hybridized carbons (Fsp3) is 0.375. The zero-order chi connectivity index (χ0) is 16.4. The van der Waals surface area contributed by atoms with E-state index in [0.717, 1.165) is 17.8 Å². The normalized spacial score (nSPS) is 15.1. The van der Waals surface area contributed by atoms with E-state index in [4.69, 9.17) is 11.6 Å². The fourth-order valence-corrected chi connectivity index (χ4v) is 2.80. The second kappa shape index (κ2) is 6.70. The van der Waals surface area contributed by atoms with E-state index in [0.29, 0.717) is 36.0 Å². The first-order valence-corrected chi connectivity index (χ1v) is 7.95. The Bertz CT molecular complexity index is 756. The number of halogens is 1. The SMILES string of the molecule is CC(O)n1c(NCc2ccc(Cl)cc2)nc2c(c1=O)CNCC2. The molecule has 0 aliphatic carbocycles. The molecule has 1 aliphatic heterocycles. The molecule has 1 aliphatic rings. The van der Waals surface area contributed by atoms with E-state index in [1.54, 1.807) is 6.92 Å². The quantitative estimate of drug-likeness (QED) is 0.792. The lowest BCUT2D eigenvalue weighted by atomic mass is 10.1. The van der Waals surface area contributed by atoms with Gasteiger partial charge >= 0.3 is 0 Å². The molecule has 3 rings (SSSR count). The highest BCUT2D eigenvalue weighted by Gasteiger charge is 2.20. The lowest BCUT2D eigenvalue weighted by Gasteiger charge is -2.22. The lowest BCUT2D eigenvalue weighted by Crippen LogP contribution is -2.37. The fourth-order valence-electron chi connectivity index (χ4n) is 2.67. The van der Waals surface area contributed by atoms with Gasteiger partial charge in [-0.25, -0.2) is 4.98 Å². The first kappa shape index (κ1) is 16.0. The van der Waals surface area contributed by atoms with E-state index >= 15 is 0 Å². The number of aliphatic hydroxyl groups is 1. The third kappa shape index (κ3) is 3.39. The van der Waals surface area contributed by atoms with Gasteiger partial charge in [0.15, 0.2) is 0 Å². The third-order valence-corrected chi connectivity index (χ3v) is 4.12. The van der Waals surface area contributed by atoms with Crippen LogP contribution in [-0.4, -0.2) is 21.2 Å². The number of hydrogen-bond acceptors (Lipinski definition) is 5. The molecule has 2 aromatic rings. The maximum absolute atomic E-state index is 12.6. The van der Waals surface area contributed by atoms with E-state index in [2.05, 4.69) is 15.6 Å². The summed E-state index contributed by atoms with van der Waals surface area (Å²) in [5.41, 5.74) is 2.24. The van der Waals surface area contributed by atoms with E-state index in [1.165, 1.54) is 4.57 Å². The maximum Gasteiger partial charge on any atom is 0.261 e. The summed E-state index contributed by atoms with van der Waals surface area (Å²) in [5, 5.41) is 17.0. The topological polar surface area (TPSA) is 79.2 Å². The van der Waals surface area contributed by atoms with E-state index in [1.807, 2.05) is 24.3 Å². The van der Waals surface area contributed by atoms with Gasteiger partial charge in [-0.2, -0.15) is 0 Å². The highest BCUT2D eigenvalue weighted by molar-refractivity contribution is 6.30. The molecule has 0 saturated carbocycles. The summed E-state index contributed by atoms with van der Waals surface area (Å²) < 4.78 is 1.29. The Labute approximate surface area is 139 Å². The van der Waals surface area contributed by atoms with Crippen LogP contribution in [0.3, 0.4) is 0 Å². The maximum atomic E-state index is 12.6. The molecule has 0 radical (unpaired) electrons. The number of rotatable bonds is 4. The molecule has 0 bridgehead atoms. The van der Waals surface area contributed by atoms with E-state index in [-0.39, 0.29) is 5.56 Å². The predicted octanol–water partition coefficient (Wildman–Crippen LogP) is 1.67. The van der Waals surface area contributed by atoms with Crippen molar-refractivity contribution >= 4 is 17.5 Å². The Morgan fingerprint density at radius 1 is 1.43 bits per heavy atom. The molecule has 0 spiro atoms. The van der Waals surface area contributed by atoms with Gasteiger partial charge in [-0.3, -0.25) is 9.36 Å². The first-order chi connectivity index (χ1) is 11.1. The molecule has 6 nitrogen and oxygen atoms in total. The number of nitrogens with one attached hydrogen (secondary N) is 2. The van der Waals surface area contributed by atoms with Gasteiger partial charge in [0.05, 0.1) is 11.3 Å². The van der Waals surface area contributed by atoms with Gasteiger partial charge in [-0.05, 0) is 24.6 Å². The van der Waals surface area contributed by atoms with Gasteiger partial charge < -0.3 is 15.7 Å². The first-order valence-electron chi connectivity index (χ1n) is 7.57. The molecule has 23 heavy (non-hydrogen) atoms. The summed E-state index contributed by atoms with van der Waals surface area (Å²) in [4.78, 5) is 17.2. The Hall–Kier alpha value is -1.89. The summed E-state index contributed by atoms with van der Waals surface area (Å²) >= 11 is 5.88. The molecule has 1 atom stereocenters. The van der Waals surface area contributed by atoms with Crippen molar-refractivity contribution in [3.8, 4) is 0 Å². The van der Waals surface area contributed by atoms with Crippen molar-refractivity contribution in [3.63, 3.8) is 0 Å². The predicted molar refractivity (Wildman–Crippen MR) is 89.6 cm³/mol. The van der Waals surface area contributed by atoms with Crippen LogP contribution in [0.4, 0.5) is 5.95 Å². The average Bonchev–Trinajstić information content (AvgIpc) is 2.54. The Morgan fingerprint density at radius 2 is 2.17 bits per heavy atom. The smallest absolute Gasteiger partial charge is 0.261 e. The van der Waals surface area contributed by atoms with Crippen molar-refractivity contribution in [1.29, 1.82) is 0 Å². The van der Waals surface area contributed by atoms with E-state index < -0.39 is 6.23 Å². The van der Waals surface area contributed by atoms with Crippen molar-refractivity contribution in [2.24, 2.45) is 0 Å². The number of benzene rings is 1. The molecule has 0 fully saturated rings. The summed E-state index contributed by atoms with van der Waals surface area (Å²) in [6, 6.07) is 7.43. The lowest BCUT2D eigenvalue weighted by molar-refractivity contribution is 0.121. The highest BCUT2D eigenvalue weighted by Crippen LogP contribution is 2.16. The van der Waals surface area contributed by atoms with Crippen LogP contribution in [0.25, 0.3) is 0 Å². The van der Waals surface area contributed by atoms with Gasteiger partial charge in [0.25, 0.3) is 5.56 Å². The third-order valence-electron chi connectivity index (χ3n) is 3.87. The molecule has 2 heterocycles. The minimum atomic E-state index is -0.949. The number of aliphatic hydroxyl groups excluding tert-OH is 1. The van der Waals surface area contributed by atoms with Crippen molar-refractivity contribution in [2.75, 3.05) is 11.9 Å². The highest BCUT2D eigenvalue weighted by atomic mass is 35.5. The molecular formula is C16H19ClN4O2. The van der Waals surface area contributed by atoms with Crippen LogP contribution in [0.1, 0.15) is 30.0 Å². The molecule has 3 N–H and O–H groups in total. The molecule has 7 heteroatoms.